The molecule has 5 heteroatoms. The molecule has 3 atom stereocenters. The van der Waals surface area contributed by atoms with Gasteiger partial charge in [-0.2, -0.15) is 0 Å². The molecule has 140 valence electrons. The smallest absolute Gasteiger partial charge is 0.254 e. The number of carbonyl (C=O) groups is 1. The maximum atomic E-state index is 13.0. The number of amides is 1. The second kappa shape index (κ2) is 7.60. The lowest BCUT2D eigenvalue weighted by atomic mass is 9.74. The number of hydrogen-bond acceptors (Lipinski definition) is 3. The summed E-state index contributed by atoms with van der Waals surface area (Å²) >= 11 is 0. The Balaban J connectivity index is 1.93. The summed E-state index contributed by atoms with van der Waals surface area (Å²) in [6.45, 7) is 6.16. The van der Waals surface area contributed by atoms with Gasteiger partial charge >= 0.3 is 0 Å². The van der Waals surface area contributed by atoms with Crippen molar-refractivity contribution in [1.82, 2.24) is 14.9 Å². The number of aromatic nitrogens is 2. The van der Waals surface area contributed by atoms with Gasteiger partial charge in [0.2, 0.25) is 5.91 Å². The molecule has 2 heterocycles. The number of nitrogens with one attached hydrogen (secondary N) is 1. The van der Waals surface area contributed by atoms with E-state index in [4.69, 9.17) is 0 Å². The molecule has 3 unspecified atom stereocenters. The zero-order chi connectivity index (χ0) is 18.8. The number of pyridine rings is 2. The van der Waals surface area contributed by atoms with E-state index in [0.29, 0.717) is 12.3 Å². The van der Waals surface area contributed by atoms with Crippen LogP contribution in [-0.2, 0) is 11.8 Å². The van der Waals surface area contributed by atoms with Gasteiger partial charge in [-0.15, -0.1) is 0 Å². The average molecular weight is 355 g/mol. The topological polar surface area (TPSA) is 64.0 Å². The molecule has 0 spiro atoms. The number of nitrogens with zero attached hydrogens (tertiary/aromatic N) is 2. The van der Waals surface area contributed by atoms with E-state index in [1.165, 1.54) is 0 Å². The van der Waals surface area contributed by atoms with Crippen molar-refractivity contribution in [2.45, 2.75) is 64.8 Å². The van der Waals surface area contributed by atoms with Crippen molar-refractivity contribution in [3.8, 4) is 0 Å². The molecule has 0 saturated heterocycles. The number of fused-ring (bicyclic) bond motifs is 1. The average Bonchev–Trinajstić information content (AvgIpc) is 2.60. The zero-order valence-corrected chi connectivity index (χ0v) is 16.2. The zero-order valence-electron chi connectivity index (χ0n) is 16.2. The summed E-state index contributed by atoms with van der Waals surface area (Å²) in [6, 6.07) is 4.13. The largest absolute Gasteiger partial charge is 0.353 e. The molecule has 1 N–H and O–H groups in total. The first kappa shape index (κ1) is 18.6. The SMILES string of the molecule is CCCC(=O)NC1CCC(C)C(c2cc3cnc(C)cc3n(C)c2=O)C1. The van der Waals surface area contributed by atoms with E-state index in [0.717, 1.165) is 47.8 Å². The molecule has 0 radical (unpaired) electrons. The van der Waals surface area contributed by atoms with Gasteiger partial charge in [0, 0.05) is 42.4 Å². The van der Waals surface area contributed by atoms with Crippen molar-refractivity contribution in [2.24, 2.45) is 13.0 Å². The molecule has 1 saturated carbocycles. The van der Waals surface area contributed by atoms with Crippen LogP contribution in [0.15, 0.2) is 23.1 Å². The highest BCUT2D eigenvalue weighted by molar-refractivity contribution is 5.79. The minimum atomic E-state index is 0.0699. The Morgan fingerprint density at radius 3 is 2.85 bits per heavy atom. The highest BCUT2D eigenvalue weighted by Gasteiger charge is 2.31. The Morgan fingerprint density at radius 2 is 2.12 bits per heavy atom. The molecule has 3 rings (SSSR count). The Morgan fingerprint density at radius 1 is 1.35 bits per heavy atom. The maximum absolute atomic E-state index is 13.0. The van der Waals surface area contributed by atoms with E-state index in [9.17, 15) is 9.59 Å². The standard InChI is InChI=1S/C21H29N3O2/c1-5-6-20(25)23-16-8-7-13(2)17(11-16)18-10-15-12-22-14(3)9-19(15)24(4)21(18)26/h9-10,12-13,16-17H,5-8,11H2,1-4H3,(H,23,25). The van der Waals surface area contributed by atoms with E-state index in [-0.39, 0.29) is 23.4 Å². The summed E-state index contributed by atoms with van der Waals surface area (Å²) in [5, 5.41) is 4.16. The van der Waals surface area contributed by atoms with Crippen LogP contribution in [0.2, 0.25) is 0 Å². The third-order valence-corrected chi connectivity index (χ3v) is 5.71. The quantitative estimate of drug-likeness (QED) is 0.914. The molecule has 26 heavy (non-hydrogen) atoms. The van der Waals surface area contributed by atoms with E-state index in [2.05, 4.69) is 17.2 Å². The molecule has 2 aromatic rings. The van der Waals surface area contributed by atoms with Crippen LogP contribution < -0.4 is 10.9 Å². The van der Waals surface area contributed by atoms with E-state index >= 15 is 0 Å². The molecular weight excluding hydrogens is 326 g/mol. The van der Waals surface area contributed by atoms with Crippen LogP contribution in [-0.4, -0.2) is 21.5 Å². The minimum absolute atomic E-state index is 0.0699. The van der Waals surface area contributed by atoms with Crippen molar-refractivity contribution in [3.63, 3.8) is 0 Å². The Kier molecular flexibility index (Phi) is 5.44. The first-order chi connectivity index (χ1) is 12.4. The minimum Gasteiger partial charge on any atom is -0.353 e. The van der Waals surface area contributed by atoms with Crippen molar-refractivity contribution in [1.29, 1.82) is 0 Å². The molecule has 1 aliphatic carbocycles. The number of carbonyl (C=O) groups excluding carboxylic acids is 1. The molecule has 0 aliphatic heterocycles. The first-order valence-corrected chi connectivity index (χ1v) is 9.66. The molecule has 0 aromatic carbocycles. The lowest BCUT2D eigenvalue weighted by molar-refractivity contribution is -0.122. The maximum Gasteiger partial charge on any atom is 0.254 e. The lowest BCUT2D eigenvalue weighted by Gasteiger charge is -2.35. The third-order valence-electron chi connectivity index (χ3n) is 5.71. The van der Waals surface area contributed by atoms with Crippen LogP contribution in [0.3, 0.4) is 0 Å². The molecule has 1 aliphatic rings. The van der Waals surface area contributed by atoms with Crippen LogP contribution in [0.5, 0.6) is 0 Å². The van der Waals surface area contributed by atoms with E-state index in [1.54, 1.807) is 4.57 Å². The second-order valence-electron chi connectivity index (χ2n) is 7.76. The lowest BCUT2D eigenvalue weighted by Crippen LogP contribution is -2.41. The normalized spacial score (nSPS) is 23.2. The molecule has 2 aromatic heterocycles. The third kappa shape index (κ3) is 3.67. The summed E-state index contributed by atoms with van der Waals surface area (Å²) in [7, 11) is 1.83. The molecule has 1 amide bonds. The van der Waals surface area contributed by atoms with Crippen LogP contribution in [0.25, 0.3) is 10.9 Å². The van der Waals surface area contributed by atoms with Crippen molar-refractivity contribution in [2.75, 3.05) is 0 Å². The van der Waals surface area contributed by atoms with Gasteiger partial charge in [0.1, 0.15) is 0 Å². The summed E-state index contributed by atoms with van der Waals surface area (Å²) in [6.07, 6.45) is 6.12. The number of rotatable bonds is 4. The Bertz CT molecular complexity index is 871. The first-order valence-electron chi connectivity index (χ1n) is 9.66. The highest BCUT2D eigenvalue weighted by Crippen LogP contribution is 2.37. The summed E-state index contributed by atoms with van der Waals surface area (Å²) in [4.78, 5) is 29.4. The van der Waals surface area contributed by atoms with Crippen molar-refractivity contribution in [3.05, 3.63) is 39.9 Å². The van der Waals surface area contributed by atoms with Gasteiger partial charge in [-0.1, -0.05) is 13.8 Å². The summed E-state index contributed by atoms with van der Waals surface area (Å²) in [5.41, 5.74) is 2.75. The fourth-order valence-corrected chi connectivity index (χ4v) is 4.17. The van der Waals surface area contributed by atoms with Gasteiger partial charge in [-0.25, -0.2) is 0 Å². The Labute approximate surface area is 154 Å². The van der Waals surface area contributed by atoms with Crippen molar-refractivity contribution >= 4 is 16.8 Å². The van der Waals surface area contributed by atoms with E-state index < -0.39 is 0 Å². The fourth-order valence-electron chi connectivity index (χ4n) is 4.17. The van der Waals surface area contributed by atoms with Crippen molar-refractivity contribution < 1.29 is 4.79 Å². The van der Waals surface area contributed by atoms with Gasteiger partial charge in [0.05, 0.1) is 5.52 Å². The van der Waals surface area contributed by atoms with Crippen LogP contribution in [0.4, 0.5) is 0 Å². The molecule has 1 fully saturated rings. The van der Waals surface area contributed by atoms with Gasteiger partial charge in [0.25, 0.3) is 5.56 Å². The molecule has 0 bridgehead atoms. The second-order valence-corrected chi connectivity index (χ2v) is 7.76. The fraction of sp³-hybridized carbons (Fsp3) is 0.571. The molecule has 5 nitrogen and oxygen atoms in total. The van der Waals surface area contributed by atoms with Crippen LogP contribution >= 0.6 is 0 Å². The Hall–Kier alpha value is -2.17. The molecular formula is C21H29N3O2. The van der Waals surface area contributed by atoms with Gasteiger partial charge < -0.3 is 9.88 Å². The summed E-state index contributed by atoms with van der Waals surface area (Å²) < 4.78 is 1.74. The number of aryl methyl sites for hydroxylation is 2. The predicted octanol–water partition coefficient (Wildman–Crippen LogP) is 3.43. The number of hydrogen-bond donors (Lipinski definition) is 1. The highest BCUT2D eigenvalue weighted by atomic mass is 16.1. The predicted molar refractivity (Wildman–Crippen MR) is 104 cm³/mol. The van der Waals surface area contributed by atoms with Crippen LogP contribution in [0.1, 0.15) is 63.1 Å². The van der Waals surface area contributed by atoms with Gasteiger partial charge in [0.15, 0.2) is 0 Å². The summed E-state index contributed by atoms with van der Waals surface area (Å²) in [5.74, 6) is 0.717. The monoisotopic (exact) mass is 355 g/mol. The van der Waals surface area contributed by atoms with Crippen LogP contribution in [0, 0.1) is 12.8 Å². The van der Waals surface area contributed by atoms with Gasteiger partial charge in [-0.05, 0) is 56.6 Å². The van der Waals surface area contributed by atoms with Gasteiger partial charge in [-0.3, -0.25) is 14.6 Å². The van der Waals surface area contributed by atoms with E-state index in [1.807, 2.05) is 39.2 Å².